The predicted molar refractivity (Wildman–Crippen MR) is 82.1 cm³/mol. The smallest absolute Gasteiger partial charge is 0.247 e. The minimum atomic E-state index is -1.57. The van der Waals surface area contributed by atoms with Gasteiger partial charge in [-0.3, -0.25) is 4.79 Å². The SMILES string of the molecule is CC(C)N(C(=O)C=Cc1nc2c(F)c(F)c(F)cc2[nH]1)C(C)C. The van der Waals surface area contributed by atoms with Crippen molar-refractivity contribution in [1.29, 1.82) is 0 Å². The molecule has 1 heterocycles. The van der Waals surface area contributed by atoms with Crippen molar-refractivity contribution in [3.8, 4) is 0 Å². The molecular weight excluding hydrogens is 307 g/mol. The Morgan fingerprint density at radius 3 is 2.35 bits per heavy atom. The van der Waals surface area contributed by atoms with Crippen LogP contribution in [0.15, 0.2) is 12.1 Å². The third kappa shape index (κ3) is 3.38. The lowest BCUT2D eigenvalue weighted by atomic mass is 10.2. The summed E-state index contributed by atoms with van der Waals surface area (Å²) in [6.45, 7) is 7.59. The van der Waals surface area contributed by atoms with Crippen molar-refractivity contribution in [3.63, 3.8) is 0 Å². The molecule has 124 valence electrons. The first-order valence-corrected chi connectivity index (χ1v) is 7.26. The van der Waals surface area contributed by atoms with Crippen molar-refractivity contribution in [1.82, 2.24) is 14.9 Å². The highest BCUT2D eigenvalue weighted by atomic mass is 19.2. The van der Waals surface area contributed by atoms with Gasteiger partial charge >= 0.3 is 0 Å². The molecule has 2 rings (SSSR count). The highest BCUT2D eigenvalue weighted by molar-refractivity contribution is 5.92. The van der Waals surface area contributed by atoms with E-state index in [9.17, 15) is 18.0 Å². The van der Waals surface area contributed by atoms with Gasteiger partial charge in [0.2, 0.25) is 5.91 Å². The second kappa shape index (κ2) is 6.44. The molecule has 0 bridgehead atoms. The Morgan fingerprint density at radius 2 is 1.78 bits per heavy atom. The summed E-state index contributed by atoms with van der Waals surface area (Å²) in [5.41, 5.74) is -0.279. The van der Waals surface area contributed by atoms with E-state index in [1.807, 2.05) is 27.7 Å². The number of halogens is 3. The normalized spacial score (nSPS) is 12.0. The summed E-state index contributed by atoms with van der Waals surface area (Å²) in [6, 6.07) is 0.862. The molecule has 0 aliphatic carbocycles. The van der Waals surface area contributed by atoms with Gasteiger partial charge in [-0.05, 0) is 33.8 Å². The van der Waals surface area contributed by atoms with Crippen LogP contribution in [0.25, 0.3) is 17.1 Å². The van der Waals surface area contributed by atoms with Crippen LogP contribution in [-0.2, 0) is 4.79 Å². The van der Waals surface area contributed by atoms with E-state index in [2.05, 4.69) is 9.97 Å². The van der Waals surface area contributed by atoms with E-state index in [4.69, 9.17) is 0 Å². The van der Waals surface area contributed by atoms with Crippen LogP contribution in [-0.4, -0.2) is 32.9 Å². The molecule has 0 aliphatic heterocycles. The number of carbonyl (C=O) groups excluding carboxylic acids is 1. The maximum atomic E-state index is 13.6. The molecule has 0 unspecified atom stereocenters. The van der Waals surface area contributed by atoms with Crippen LogP contribution in [0.4, 0.5) is 13.2 Å². The molecule has 0 saturated heterocycles. The molecule has 0 aliphatic rings. The lowest BCUT2D eigenvalue weighted by Gasteiger charge is -2.29. The van der Waals surface area contributed by atoms with Gasteiger partial charge in [0.1, 0.15) is 11.3 Å². The third-order valence-electron chi connectivity index (χ3n) is 3.38. The summed E-state index contributed by atoms with van der Waals surface area (Å²) in [5.74, 6) is -4.30. The molecule has 23 heavy (non-hydrogen) atoms. The molecule has 1 aromatic carbocycles. The van der Waals surface area contributed by atoms with Gasteiger partial charge in [-0.1, -0.05) is 0 Å². The number of hydrogen-bond donors (Lipinski definition) is 1. The number of benzene rings is 1. The van der Waals surface area contributed by atoms with Crippen molar-refractivity contribution >= 4 is 23.0 Å². The lowest BCUT2D eigenvalue weighted by Crippen LogP contribution is -2.41. The zero-order valence-electron chi connectivity index (χ0n) is 13.3. The number of aromatic nitrogens is 2. The fourth-order valence-corrected chi connectivity index (χ4v) is 2.50. The molecule has 0 atom stereocenters. The molecule has 0 fully saturated rings. The summed E-state index contributed by atoms with van der Waals surface area (Å²) in [7, 11) is 0. The number of H-pyrrole nitrogens is 1. The molecular formula is C16H18F3N3O. The number of rotatable bonds is 4. The zero-order chi connectivity index (χ0) is 17.3. The van der Waals surface area contributed by atoms with Gasteiger partial charge in [-0.25, -0.2) is 18.2 Å². The van der Waals surface area contributed by atoms with Crippen LogP contribution < -0.4 is 0 Å². The van der Waals surface area contributed by atoms with Crippen LogP contribution in [0.5, 0.6) is 0 Å². The van der Waals surface area contributed by atoms with Gasteiger partial charge in [0.05, 0.1) is 5.52 Å². The van der Waals surface area contributed by atoms with E-state index in [0.717, 1.165) is 6.07 Å². The van der Waals surface area contributed by atoms with E-state index < -0.39 is 17.5 Å². The Kier molecular flexibility index (Phi) is 4.77. The van der Waals surface area contributed by atoms with Crippen LogP contribution >= 0.6 is 0 Å². The minimum absolute atomic E-state index is 0.0171. The first-order chi connectivity index (χ1) is 10.7. The van der Waals surface area contributed by atoms with Crippen molar-refractivity contribution in [2.24, 2.45) is 0 Å². The average Bonchev–Trinajstić information content (AvgIpc) is 2.85. The van der Waals surface area contributed by atoms with Crippen LogP contribution in [0.1, 0.15) is 33.5 Å². The highest BCUT2D eigenvalue weighted by Gasteiger charge is 2.19. The second-order valence-corrected chi connectivity index (χ2v) is 5.77. The van der Waals surface area contributed by atoms with E-state index in [0.29, 0.717) is 0 Å². The molecule has 0 spiro atoms. The maximum absolute atomic E-state index is 13.6. The lowest BCUT2D eigenvalue weighted by molar-refractivity contribution is -0.129. The maximum Gasteiger partial charge on any atom is 0.247 e. The number of carbonyl (C=O) groups is 1. The zero-order valence-corrected chi connectivity index (χ0v) is 13.3. The molecule has 0 saturated carbocycles. The first kappa shape index (κ1) is 17.1. The summed E-state index contributed by atoms with van der Waals surface area (Å²) in [5, 5.41) is 0. The Morgan fingerprint density at radius 1 is 1.17 bits per heavy atom. The average molecular weight is 325 g/mol. The number of nitrogens with zero attached hydrogens (tertiary/aromatic N) is 2. The number of imidazole rings is 1. The Bertz CT molecular complexity index is 758. The summed E-state index contributed by atoms with van der Waals surface area (Å²) in [4.78, 5) is 20.3. The largest absolute Gasteiger partial charge is 0.338 e. The molecule has 4 nitrogen and oxygen atoms in total. The monoisotopic (exact) mass is 325 g/mol. The first-order valence-electron chi connectivity index (χ1n) is 7.26. The van der Waals surface area contributed by atoms with Crippen molar-refractivity contribution < 1.29 is 18.0 Å². The van der Waals surface area contributed by atoms with Crippen LogP contribution in [0.3, 0.4) is 0 Å². The number of hydrogen-bond acceptors (Lipinski definition) is 2. The summed E-state index contributed by atoms with van der Waals surface area (Å²) >= 11 is 0. The Hall–Kier alpha value is -2.31. The summed E-state index contributed by atoms with van der Waals surface area (Å²) in [6.07, 6.45) is 2.65. The van der Waals surface area contributed by atoms with Crippen molar-refractivity contribution in [2.75, 3.05) is 0 Å². The Balaban J connectivity index is 2.31. The van der Waals surface area contributed by atoms with Crippen LogP contribution in [0, 0.1) is 17.5 Å². The molecule has 0 radical (unpaired) electrons. The van der Waals surface area contributed by atoms with Crippen molar-refractivity contribution in [3.05, 3.63) is 35.4 Å². The topological polar surface area (TPSA) is 49.0 Å². The van der Waals surface area contributed by atoms with Gasteiger partial charge in [-0.15, -0.1) is 0 Å². The van der Waals surface area contributed by atoms with Gasteiger partial charge < -0.3 is 9.88 Å². The predicted octanol–water partition coefficient (Wildman–Crippen LogP) is 3.64. The third-order valence-corrected chi connectivity index (χ3v) is 3.38. The van der Waals surface area contributed by atoms with Crippen LogP contribution in [0.2, 0.25) is 0 Å². The van der Waals surface area contributed by atoms with E-state index in [-0.39, 0.29) is 34.8 Å². The van der Waals surface area contributed by atoms with Gasteiger partial charge in [0.15, 0.2) is 17.5 Å². The molecule has 1 N–H and O–H groups in total. The van der Waals surface area contributed by atoms with Gasteiger partial charge in [0, 0.05) is 24.2 Å². The second-order valence-electron chi connectivity index (χ2n) is 5.77. The van der Waals surface area contributed by atoms with E-state index in [1.165, 1.54) is 12.2 Å². The highest BCUT2D eigenvalue weighted by Crippen LogP contribution is 2.21. The Labute approximate surface area is 132 Å². The molecule has 1 amide bonds. The van der Waals surface area contributed by atoms with Crippen molar-refractivity contribution in [2.45, 2.75) is 39.8 Å². The van der Waals surface area contributed by atoms with E-state index >= 15 is 0 Å². The fourth-order valence-electron chi connectivity index (χ4n) is 2.50. The minimum Gasteiger partial charge on any atom is -0.338 e. The molecule has 2 aromatic rings. The van der Waals surface area contributed by atoms with E-state index in [1.54, 1.807) is 4.90 Å². The molecule has 7 heteroatoms. The standard InChI is InChI=1S/C16H18F3N3O/c1-8(2)22(9(3)4)13(23)6-5-12-20-11-7-10(17)14(18)15(19)16(11)21-12/h5-9H,1-4H3,(H,20,21). The fraction of sp³-hybridized carbons (Fsp3) is 0.375. The number of nitrogens with one attached hydrogen (secondary N) is 1. The molecule has 1 aromatic heterocycles. The summed E-state index contributed by atoms with van der Waals surface area (Å²) < 4.78 is 40.0. The quantitative estimate of drug-likeness (QED) is 0.689. The van der Waals surface area contributed by atoms with Gasteiger partial charge in [-0.2, -0.15) is 0 Å². The number of fused-ring (bicyclic) bond motifs is 1. The van der Waals surface area contributed by atoms with Gasteiger partial charge in [0.25, 0.3) is 0 Å². The number of aromatic amines is 1. The number of amides is 1.